The molecule has 2 aromatic carbocycles. The number of para-hydroxylation sites is 1. The van der Waals surface area contributed by atoms with Crippen LogP contribution in [0.25, 0.3) is 10.9 Å². The molecule has 146 valence electrons. The van der Waals surface area contributed by atoms with E-state index in [9.17, 15) is 13.2 Å². The van der Waals surface area contributed by atoms with Crippen molar-refractivity contribution in [3.05, 3.63) is 66.4 Å². The molecule has 1 aromatic heterocycles. The number of pyridine rings is 1. The van der Waals surface area contributed by atoms with Crippen LogP contribution in [0.2, 0.25) is 0 Å². The summed E-state index contributed by atoms with van der Waals surface area (Å²) >= 11 is 0. The van der Waals surface area contributed by atoms with Gasteiger partial charge in [-0.2, -0.15) is 0 Å². The zero-order chi connectivity index (χ0) is 20.1. The summed E-state index contributed by atoms with van der Waals surface area (Å²) in [7, 11) is -2.18. The molecule has 0 bridgehead atoms. The summed E-state index contributed by atoms with van der Waals surface area (Å²) in [5.74, 6) is -0.345. The van der Waals surface area contributed by atoms with Gasteiger partial charge in [0.15, 0.2) is 0 Å². The number of hydrogen-bond acceptors (Lipinski definition) is 5. The van der Waals surface area contributed by atoms with Gasteiger partial charge in [0.2, 0.25) is 10.0 Å². The van der Waals surface area contributed by atoms with E-state index < -0.39 is 10.0 Å². The summed E-state index contributed by atoms with van der Waals surface area (Å²) in [6.07, 6.45) is 1.66. The van der Waals surface area contributed by atoms with Gasteiger partial charge in [0.25, 0.3) is 5.91 Å². The molecule has 0 aliphatic carbocycles. The molecular weight excluding hydrogens is 378 g/mol. The van der Waals surface area contributed by atoms with Gasteiger partial charge < -0.3 is 10.1 Å². The Labute approximate surface area is 163 Å². The molecule has 3 aromatic rings. The quantitative estimate of drug-likeness (QED) is 0.637. The molecule has 0 aliphatic rings. The molecule has 0 fully saturated rings. The first-order chi connectivity index (χ1) is 13.4. The smallest absolute Gasteiger partial charge is 0.255 e. The number of anilines is 1. The third-order valence-electron chi connectivity index (χ3n) is 4.08. The Balaban J connectivity index is 1.77. The van der Waals surface area contributed by atoms with Crippen LogP contribution in [0.3, 0.4) is 0 Å². The summed E-state index contributed by atoms with van der Waals surface area (Å²) in [6.45, 7) is 1.97. The van der Waals surface area contributed by atoms with E-state index in [1.165, 1.54) is 31.4 Å². The highest BCUT2D eigenvalue weighted by Gasteiger charge is 2.18. The number of nitrogens with one attached hydrogen (secondary N) is 2. The van der Waals surface area contributed by atoms with E-state index in [0.717, 1.165) is 5.39 Å². The van der Waals surface area contributed by atoms with Crippen LogP contribution in [0.15, 0.2) is 65.7 Å². The molecule has 0 spiro atoms. The van der Waals surface area contributed by atoms with Crippen molar-refractivity contribution < 1.29 is 17.9 Å². The second-order valence-electron chi connectivity index (χ2n) is 6.34. The molecule has 0 saturated heterocycles. The van der Waals surface area contributed by atoms with Crippen LogP contribution < -0.4 is 10.0 Å². The number of carbonyl (C=O) groups is 1. The van der Waals surface area contributed by atoms with Gasteiger partial charge in [-0.15, -0.1) is 0 Å². The lowest BCUT2D eigenvalue weighted by Crippen LogP contribution is -2.35. The minimum absolute atomic E-state index is 0.0823. The third kappa shape index (κ3) is 4.53. The molecule has 3 rings (SSSR count). The number of nitrogens with zero attached hydrogens (tertiary/aromatic N) is 1. The monoisotopic (exact) mass is 399 g/mol. The number of aromatic nitrogens is 1. The average molecular weight is 399 g/mol. The van der Waals surface area contributed by atoms with Crippen molar-refractivity contribution in [1.82, 2.24) is 9.71 Å². The van der Waals surface area contributed by atoms with Crippen molar-refractivity contribution >= 4 is 32.5 Å². The highest BCUT2D eigenvalue weighted by atomic mass is 32.2. The van der Waals surface area contributed by atoms with E-state index >= 15 is 0 Å². The van der Waals surface area contributed by atoms with Gasteiger partial charge in [0, 0.05) is 30.3 Å². The normalized spacial score (nSPS) is 12.6. The van der Waals surface area contributed by atoms with Crippen LogP contribution in [0, 0.1) is 0 Å². The molecule has 0 aliphatic heterocycles. The fourth-order valence-electron chi connectivity index (χ4n) is 2.80. The van der Waals surface area contributed by atoms with Gasteiger partial charge in [-0.1, -0.05) is 18.2 Å². The lowest BCUT2D eigenvalue weighted by atomic mass is 10.1. The zero-order valence-electron chi connectivity index (χ0n) is 15.5. The third-order valence-corrected chi connectivity index (χ3v) is 5.69. The highest BCUT2D eigenvalue weighted by molar-refractivity contribution is 7.89. The summed E-state index contributed by atoms with van der Waals surface area (Å²) in [6, 6.07) is 14.6. The van der Waals surface area contributed by atoms with Crippen molar-refractivity contribution in [3.63, 3.8) is 0 Å². The van der Waals surface area contributed by atoms with Crippen molar-refractivity contribution in [2.45, 2.75) is 17.9 Å². The maximum absolute atomic E-state index is 12.6. The van der Waals surface area contributed by atoms with E-state index in [1.54, 1.807) is 19.2 Å². The first kappa shape index (κ1) is 19.9. The Hall–Kier alpha value is -2.81. The molecule has 2 N–H and O–H groups in total. The molecule has 7 nitrogen and oxygen atoms in total. The van der Waals surface area contributed by atoms with Crippen LogP contribution in [0.1, 0.15) is 17.3 Å². The van der Waals surface area contributed by atoms with E-state index in [-0.39, 0.29) is 23.5 Å². The number of rotatable bonds is 7. The van der Waals surface area contributed by atoms with Crippen molar-refractivity contribution in [2.75, 3.05) is 19.0 Å². The maximum Gasteiger partial charge on any atom is 0.255 e. The van der Waals surface area contributed by atoms with Gasteiger partial charge in [0.05, 0.1) is 22.7 Å². The largest absolute Gasteiger partial charge is 0.383 e. The van der Waals surface area contributed by atoms with Crippen molar-refractivity contribution in [1.29, 1.82) is 0 Å². The number of benzene rings is 2. The second-order valence-corrected chi connectivity index (χ2v) is 8.05. The van der Waals surface area contributed by atoms with Gasteiger partial charge in [0.1, 0.15) is 0 Å². The molecular formula is C20H21N3O4S. The van der Waals surface area contributed by atoms with Crippen molar-refractivity contribution in [3.8, 4) is 0 Å². The second kappa shape index (κ2) is 8.47. The SMILES string of the molecule is COCC(C)NS(=O)(=O)c1ccc(C(=O)Nc2cccc3cccnc23)cc1. The molecule has 1 unspecified atom stereocenters. The van der Waals surface area contributed by atoms with Crippen molar-refractivity contribution in [2.24, 2.45) is 0 Å². The molecule has 0 radical (unpaired) electrons. The minimum atomic E-state index is -3.68. The van der Waals surface area contributed by atoms with E-state index in [1.807, 2.05) is 24.3 Å². The number of carbonyl (C=O) groups excluding carboxylic acids is 1. The number of ether oxygens (including phenoxy) is 1. The topological polar surface area (TPSA) is 97.4 Å². The van der Waals surface area contributed by atoms with Gasteiger partial charge in [-0.25, -0.2) is 13.1 Å². The van der Waals surface area contributed by atoms with Gasteiger partial charge >= 0.3 is 0 Å². The van der Waals surface area contributed by atoms with Gasteiger partial charge in [-0.05, 0) is 43.3 Å². The fourth-order valence-corrected chi connectivity index (χ4v) is 4.03. The van der Waals surface area contributed by atoms with Crippen LogP contribution in [-0.2, 0) is 14.8 Å². The Kier molecular flexibility index (Phi) is 6.03. The lowest BCUT2D eigenvalue weighted by molar-refractivity contribution is 0.102. The predicted octanol–water partition coefficient (Wildman–Crippen LogP) is 2.80. The summed E-state index contributed by atoms with van der Waals surface area (Å²) < 4.78 is 32.2. The number of methoxy groups -OCH3 is 1. The molecule has 1 heterocycles. The first-order valence-corrected chi connectivity index (χ1v) is 10.2. The number of amides is 1. The van der Waals surface area contributed by atoms with Crippen LogP contribution in [0.5, 0.6) is 0 Å². The fraction of sp³-hybridized carbons (Fsp3) is 0.200. The minimum Gasteiger partial charge on any atom is -0.383 e. The van der Waals surface area contributed by atoms with E-state index in [0.29, 0.717) is 16.8 Å². The summed E-state index contributed by atoms with van der Waals surface area (Å²) in [5, 5.41) is 3.74. The molecule has 8 heteroatoms. The van der Waals surface area contributed by atoms with Gasteiger partial charge in [-0.3, -0.25) is 9.78 Å². The van der Waals surface area contributed by atoms with E-state index in [2.05, 4.69) is 15.0 Å². The van der Waals surface area contributed by atoms with E-state index in [4.69, 9.17) is 4.74 Å². The number of fused-ring (bicyclic) bond motifs is 1. The van der Waals surface area contributed by atoms with Crippen LogP contribution in [0.4, 0.5) is 5.69 Å². The maximum atomic E-state index is 12.6. The number of hydrogen-bond donors (Lipinski definition) is 2. The molecule has 1 atom stereocenters. The standard InChI is InChI=1S/C20H21N3O4S/c1-14(13-27-2)23-28(25,26)17-10-8-16(9-11-17)20(24)22-18-7-3-5-15-6-4-12-21-19(15)18/h3-12,14,23H,13H2,1-2H3,(H,22,24). The molecule has 1 amide bonds. The highest BCUT2D eigenvalue weighted by Crippen LogP contribution is 2.21. The average Bonchev–Trinajstić information content (AvgIpc) is 2.68. The summed E-state index contributed by atoms with van der Waals surface area (Å²) in [5.41, 5.74) is 1.63. The zero-order valence-corrected chi connectivity index (χ0v) is 16.4. The Morgan fingerprint density at radius 2 is 1.82 bits per heavy atom. The first-order valence-electron chi connectivity index (χ1n) is 8.67. The Bertz CT molecular complexity index is 1080. The Morgan fingerprint density at radius 3 is 2.54 bits per heavy atom. The predicted molar refractivity (Wildman–Crippen MR) is 108 cm³/mol. The molecule has 0 saturated carbocycles. The summed E-state index contributed by atoms with van der Waals surface area (Å²) in [4.78, 5) is 16.9. The lowest BCUT2D eigenvalue weighted by Gasteiger charge is -2.13. The van der Waals surface area contributed by atoms with Crippen LogP contribution in [-0.4, -0.2) is 39.1 Å². The Morgan fingerprint density at radius 1 is 1.11 bits per heavy atom. The number of sulfonamides is 1. The molecule has 28 heavy (non-hydrogen) atoms. The van der Waals surface area contributed by atoms with Crippen LogP contribution >= 0.6 is 0 Å².